The van der Waals surface area contributed by atoms with Crippen LogP contribution in [0.25, 0.3) is 0 Å². The van der Waals surface area contributed by atoms with Gasteiger partial charge in [0.15, 0.2) is 0 Å². The van der Waals surface area contributed by atoms with Gasteiger partial charge in [-0.25, -0.2) is 8.42 Å². The molecular weight excluding hydrogens is 546 g/mol. The van der Waals surface area contributed by atoms with Gasteiger partial charge in [-0.15, -0.1) is 0 Å². The molecule has 0 aliphatic heterocycles. The third-order valence-corrected chi connectivity index (χ3v) is 8.74. The van der Waals surface area contributed by atoms with Crippen LogP contribution in [0.3, 0.4) is 0 Å². The molecule has 7 nitrogen and oxygen atoms in total. The number of anilines is 1. The summed E-state index contributed by atoms with van der Waals surface area (Å²) in [4.78, 5) is 28.9. The molecule has 3 rings (SSSR count). The van der Waals surface area contributed by atoms with Gasteiger partial charge in [0.1, 0.15) is 12.6 Å². The fourth-order valence-corrected chi connectivity index (χ4v) is 6.17. The maximum Gasteiger partial charge on any atom is 0.264 e. The highest BCUT2D eigenvalue weighted by molar-refractivity contribution is 7.92. The zero-order valence-corrected chi connectivity index (χ0v) is 25.3. The van der Waals surface area contributed by atoms with Crippen LogP contribution in [0, 0.1) is 19.8 Å². The zero-order chi connectivity index (χ0) is 29.4. The average Bonchev–Trinajstić information content (AvgIpc) is 2.92. The number of halogens is 1. The van der Waals surface area contributed by atoms with Crippen LogP contribution in [0.2, 0.25) is 5.02 Å². The van der Waals surface area contributed by atoms with Crippen molar-refractivity contribution < 1.29 is 18.0 Å². The Morgan fingerprint density at radius 2 is 1.60 bits per heavy atom. The van der Waals surface area contributed by atoms with Crippen LogP contribution in [0.5, 0.6) is 0 Å². The minimum atomic E-state index is -4.11. The molecule has 0 saturated carbocycles. The normalized spacial score (nSPS) is 12.2. The predicted octanol–water partition coefficient (Wildman–Crippen LogP) is 5.73. The van der Waals surface area contributed by atoms with Crippen molar-refractivity contribution in [2.45, 2.75) is 58.5 Å². The van der Waals surface area contributed by atoms with Gasteiger partial charge in [0.25, 0.3) is 10.0 Å². The van der Waals surface area contributed by atoms with Crippen LogP contribution in [0.4, 0.5) is 5.69 Å². The number of nitrogens with one attached hydrogen (secondary N) is 1. The SMILES string of the molecule is CC[C@H](C(=O)NCC(C)C)N(Cc1ccccc1Cl)C(=O)CN(c1ccc(C)cc1C)S(=O)(=O)c1ccccc1. The molecule has 0 radical (unpaired) electrons. The zero-order valence-electron chi connectivity index (χ0n) is 23.7. The monoisotopic (exact) mass is 583 g/mol. The first-order valence-corrected chi connectivity index (χ1v) is 15.2. The molecule has 0 unspecified atom stereocenters. The molecule has 1 N–H and O–H groups in total. The molecule has 0 aliphatic carbocycles. The lowest BCUT2D eigenvalue weighted by molar-refractivity contribution is -0.140. The predicted molar refractivity (Wildman–Crippen MR) is 161 cm³/mol. The summed E-state index contributed by atoms with van der Waals surface area (Å²) in [5, 5.41) is 3.39. The first-order valence-electron chi connectivity index (χ1n) is 13.4. The van der Waals surface area contributed by atoms with E-state index in [9.17, 15) is 18.0 Å². The number of rotatable bonds is 12. The van der Waals surface area contributed by atoms with Gasteiger partial charge in [0.05, 0.1) is 10.6 Å². The van der Waals surface area contributed by atoms with Gasteiger partial charge in [-0.05, 0) is 61.6 Å². The fourth-order valence-electron chi connectivity index (χ4n) is 4.47. The molecule has 0 bridgehead atoms. The number of hydrogen-bond acceptors (Lipinski definition) is 4. The Labute approximate surface area is 243 Å². The quantitative estimate of drug-likeness (QED) is 0.295. The van der Waals surface area contributed by atoms with Crippen molar-refractivity contribution in [1.82, 2.24) is 10.2 Å². The van der Waals surface area contributed by atoms with Crippen LogP contribution in [-0.4, -0.2) is 44.3 Å². The van der Waals surface area contributed by atoms with E-state index < -0.39 is 28.5 Å². The molecule has 0 heterocycles. The van der Waals surface area contributed by atoms with E-state index in [1.54, 1.807) is 42.5 Å². The van der Waals surface area contributed by atoms with Crippen molar-refractivity contribution in [2.24, 2.45) is 5.92 Å². The Kier molecular flexibility index (Phi) is 10.8. The van der Waals surface area contributed by atoms with Gasteiger partial charge in [-0.1, -0.05) is 86.5 Å². The third kappa shape index (κ3) is 7.64. The summed E-state index contributed by atoms with van der Waals surface area (Å²) in [6.45, 7) is 9.57. The molecule has 1 atom stereocenters. The molecule has 3 aromatic rings. The van der Waals surface area contributed by atoms with Crippen LogP contribution < -0.4 is 9.62 Å². The van der Waals surface area contributed by atoms with Gasteiger partial charge in [-0.3, -0.25) is 13.9 Å². The molecule has 0 fully saturated rings. The molecule has 0 saturated heterocycles. The van der Waals surface area contributed by atoms with Gasteiger partial charge in [0, 0.05) is 18.1 Å². The molecular formula is C31H38ClN3O4S. The largest absolute Gasteiger partial charge is 0.354 e. The summed E-state index contributed by atoms with van der Waals surface area (Å²) in [5.74, 6) is -0.572. The highest BCUT2D eigenvalue weighted by Gasteiger charge is 2.34. The highest BCUT2D eigenvalue weighted by atomic mass is 35.5. The van der Waals surface area contributed by atoms with E-state index >= 15 is 0 Å². The molecule has 9 heteroatoms. The molecule has 214 valence electrons. The van der Waals surface area contributed by atoms with E-state index in [4.69, 9.17) is 11.6 Å². The minimum absolute atomic E-state index is 0.0538. The van der Waals surface area contributed by atoms with Gasteiger partial charge < -0.3 is 10.2 Å². The second-order valence-electron chi connectivity index (χ2n) is 10.3. The van der Waals surface area contributed by atoms with Crippen LogP contribution in [0.1, 0.15) is 43.9 Å². The molecule has 0 aliphatic rings. The Hall–Kier alpha value is -3.36. The maximum atomic E-state index is 14.1. The van der Waals surface area contributed by atoms with E-state index in [0.29, 0.717) is 34.8 Å². The second kappa shape index (κ2) is 13.8. The second-order valence-corrected chi connectivity index (χ2v) is 12.6. The lowest BCUT2D eigenvalue weighted by Gasteiger charge is -2.34. The van der Waals surface area contributed by atoms with Crippen LogP contribution >= 0.6 is 11.6 Å². The average molecular weight is 584 g/mol. The third-order valence-electron chi connectivity index (χ3n) is 6.60. The van der Waals surface area contributed by atoms with Gasteiger partial charge in [-0.2, -0.15) is 0 Å². The van der Waals surface area contributed by atoms with E-state index in [-0.39, 0.29) is 23.3 Å². The lowest BCUT2D eigenvalue weighted by Crippen LogP contribution is -2.52. The smallest absolute Gasteiger partial charge is 0.264 e. The lowest BCUT2D eigenvalue weighted by atomic mass is 10.1. The molecule has 40 heavy (non-hydrogen) atoms. The molecule has 2 amide bonds. The Bertz CT molecular complexity index is 1430. The summed E-state index contributed by atoms with van der Waals surface area (Å²) in [6.07, 6.45) is 0.342. The number of nitrogens with zero attached hydrogens (tertiary/aromatic N) is 2. The van der Waals surface area contributed by atoms with Crippen molar-refractivity contribution in [3.8, 4) is 0 Å². The fraction of sp³-hybridized carbons (Fsp3) is 0.355. The number of carbonyl (C=O) groups excluding carboxylic acids is 2. The van der Waals surface area contributed by atoms with Gasteiger partial charge in [0.2, 0.25) is 11.8 Å². The van der Waals surface area contributed by atoms with Crippen molar-refractivity contribution in [1.29, 1.82) is 0 Å². The van der Waals surface area contributed by atoms with Crippen molar-refractivity contribution in [3.63, 3.8) is 0 Å². The molecule has 0 spiro atoms. The Balaban J connectivity index is 2.08. The Morgan fingerprint density at radius 1 is 0.950 bits per heavy atom. The van der Waals surface area contributed by atoms with E-state index in [2.05, 4.69) is 5.32 Å². The van der Waals surface area contributed by atoms with Crippen molar-refractivity contribution in [2.75, 3.05) is 17.4 Å². The Morgan fingerprint density at radius 3 is 2.20 bits per heavy atom. The number of benzene rings is 3. The van der Waals surface area contributed by atoms with Crippen molar-refractivity contribution in [3.05, 3.63) is 94.5 Å². The summed E-state index contributed by atoms with van der Waals surface area (Å²) < 4.78 is 29.0. The molecule has 3 aromatic carbocycles. The van der Waals surface area contributed by atoms with E-state index in [1.165, 1.54) is 17.0 Å². The number of sulfonamides is 1. The maximum absolute atomic E-state index is 14.1. The summed E-state index contributed by atoms with van der Waals surface area (Å²) >= 11 is 6.45. The van der Waals surface area contributed by atoms with Crippen molar-refractivity contribution >= 4 is 39.1 Å². The summed E-state index contributed by atoms with van der Waals surface area (Å²) in [7, 11) is -4.11. The van der Waals surface area contributed by atoms with Crippen LogP contribution in [-0.2, 0) is 26.2 Å². The first kappa shape index (κ1) is 31.2. The number of carbonyl (C=O) groups is 2. The first-order chi connectivity index (χ1) is 18.9. The highest BCUT2D eigenvalue weighted by Crippen LogP contribution is 2.28. The van der Waals surface area contributed by atoms with E-state index in [0.717, 1.165) is 9.87 Å². The summed E-state index contributed by atoms with van der Waals surface area (Å²) in [5.41, 5.74) is 2.75. The van der Waals surface area contributed by atoms with Crippen LogP contribution in [0.15, 0.2) is 77.7 Å². The van der Waals surface area contributed by atoms with E-state index in [1.807, 2.05) is 52.8 Å². The standard InChI is InChI=1S/C31H38ClN3O4S/c1-6-28(31(37)33-19-22(2)3)34(20-25-12-10-11-15-27(25)32)30(36)21-35(29-17-16-23(4)18-24(29)5)40(38,39)26-13-8-7-9-14-26/h7-18,22,28H,6,19-21H2,1-5H3,(H,33,37)/t28-/m1/s1. The van der Waals surface area contributed by atoms with Gasteiger partial charge >= 0.3 is 0 Å². The number of hydrogen-bond donors (Lipinski definition) is 1. The number of amides is 2. The molecule has 0 aromatic heterocycles. The summed E-state index contributed by atoms with van der Waals surface area (Å²) in [6, 6.07) is 19.7. The number of aryl methyl sites for hydroxylation is 2. The minimum Gasteiger partial charge on any atom is -0.354 e. The topological polar surface area (TPSA) is 86.8 Å².